The van der Waals surface area contributed by atoms with Crippen LogP contribution in [0.2, 0.25) is 10.0 Å². The summed E-state index contributed by atoms with van der Waals surface area (Å²) in [5, 5.41) is 13.2. The predicted molar refractivity (Wildman–Crippen MR) is 104 cm³/mol. The number of benzene rings is 1. The average molecular weight is 396 g/mol. The van der Waals surface area contributed by atoms with Crippen LogP contribution in [0.25, 0.3) is 11.5 Å². The Kier molecular flexibility index (Phi) is 4.79. The number of hydrogen-bond acceptors (Lipinski definition) is 3. The number of aromatic nitrogens is 5. The molecule has 0 aliphatic carbocycles. The maximum absolute atomic E-state index is 6.34. The minimum atomic E-state index is -0.0878. The number of halogens is 2. The van der Waals surface area contributed by atoms with Crippen LogP contribution in [0.1, 0.15) is 32.0 Å². The second-order valence-electron chi connectivity index (χ2n) is 6.97. The predicted octanol–water partition coefficient (Wildman–Crippen LogP) is 4.99. The van der Waals surface area contributed by atoms with Gasteiger partial charge in [0.05, 0.1) is 12.2 Å². The minimum Gasteiger partial charge on any atom is -0.302 e. The van der Waals surface area contributed by atoms with Gasteiger partial charge in [-0.1, -0.05) is 50.0 Å². The molecule has 3 rings (SSSR count). The number of rotatable bonds is 3. The van der Waals surface area contributed by atoms with Gasteiger partial charge in [0.2, 0.25) is 0 Å². The van der Waals surface area contributed by atoms with Crippen LogP contribution in [0.15, 0.2) is 24.3 Å². The Morgan fingerprint density at radius 1 is 1.20 bits per heavy atom. The third-order valence-corrected chi connectivity index (χ3v) is 4.94. The highest BCUT2D eigenvalue weighted by atomic mass is 35.5. The molecule has 0 saturated carbocycles. The summed E-state index contributed by atoms with van der Waals surface area (Å²) < 4.78 is 4.30. The number of hydrogen-bond donors (Lipinski definition) is 1. The summed E-state index contributed by atoms with van der Waals surface area (Å²) in [4.78, 5) is 0. The van der Waals surface area contributed by atoms with Gasteiger partial charge >= 0.3 is 0 Å². The number of aromatic amines is 1. The summed E-state index contributed by atoms with van der Waals surface area (Å²) in [6, 6.07) is 7.53. The zero-order chi connectivity index (χ0) is 18.4. The standard InChI is InChI=1S/C17H19Cl2N5S/c1-17(2,3)14-8-13(15-20-21-16(25)23(15)4)24(22-14)9-10-5-6-11(18)7-12(10)19/h5-8H,9H2,1-4H3,(H,21,25). The van der Waals surface area contributed by atoms with Crippen LogP contribution < -0.4 is 0 Å². The van der Waals surface area contributed by atoms with Crippen LogP contribution in [0.4, 0.5) is 0 Å². The van der Waals surface area contributed by atoms with E-state index < -0.39 is 0 Å². The fourth-order valence-electron chi connectivity index (χ4n) is 2.47. The molecule has 0 atom stereocenters. The SMILES string of the molecule is Cn1c(-c2cc(C(C)(C)C)nn2Cc2ccc(Cl)cc2Cl)n[nH]c1=S. The highest BCUT2D eigenvalue weighted by molar-refractivity contribution is 7.71. The van der Waals surface area contributed by atoms with Gasteiger partial charge in [0.1, 0.15) is 5.69 Å². The second kappa shape index (κ2) is 6.59. The Labute approximate surface area is 161 Å². The van der Waals surface area contributed by atoms with Crippen LogP contribution in [-0.2, 0) is 19.0 Å². The van der Waals surface area contributed by atoms with Crippen molar-refractivity contribution >= 4 is 35.4 Å². The van der Waals surface area contributed by atoms with E-state index in [2.05, 4.69) is 37.0 Å². The third kappa shape index (κ3) is 3.66. The van der Waals surface area contributed by atoms with E-state index in [0.29, 0.717) is 21.4 Å². The van der Waals surface area contributed by atoms with Crippen molar-refractivity contribution in [2.45, 2.75) is 32.7 Å². The molecular weight excluding hydrogens is 377 g/mol. The molecule has 0 aliphatic heterocycles. The molecule has 0 unspecified atom stereocenters. The van der Waals surface area contributed by atoms with Crippen molar-refractivity contribution in [3.05, 3.63) is 50.3 Å². The summed E-state index contributed by atoms with van der Waals surface area (Å²) in [5.74, 6) is 0.734. The fourth-order valence-corrected chi connectivity index (χ4v) is 3.07. The summed E-state index contributed by atoms with van der Waals surface area (Å²) in [7, 11) is 1.88. The van der Waals surface area contributed by atoms with Gasteiger partial charge in [-0.05, 0) is 36.0 Å². The minimum absolute atomic E-state index is 0.0878. The molecule has 0 amide bonds. The van der Waals surface area contributed by atoms with Crippen molar-refractivity contribution in [3.8, 4) is 11.5 Å². The number of nitrogens with one attached hydrogen (secondary N) is 1. The molecule has 0 spiro atoms. The van der Waals surface area contributed by atoms with Gasteiger partial charge in [0, 0.05) is 22.5 Å². The first-order valence-electron chi connectivity index (χ1n) is 7.81. The molecule has 0 fully saturated rings. The second-order valence-corrected chi connectivity index (χ2v) is 8.20. The molecule has 0 radical (unpaired) electrons. The van der Waals surface area contributed by atoms with Crippen molar-refractivity contribution in [1.82, 2.24) is 24.5 Å². The van der Waals surface area contributed by atoms with Gasteiger partial charge < -0.3 is 4.57 Å². The quantitative estimate of drug-likeness (QED) is 0.635. The van der Waals surface area contributed by atoms with Crippen molar-refractivity contribution < 1.29 is 0 Å². The first-order valence-corrected chi connectivity index (χ1v) is 8.97. The Bertz CT molecular complexity index is 978. The van der Waals surface area contributed by atoms with E-state index in [9.17, 15) is 0 Å². The molecule has 2 heterocycles. The lowest BCUT2D eigenvalue weighted by Crippen LogP contribution is -2.13. The van der Waals surface area contributed by atoms with E-state index in [4.69, 9.17) is 40.5 Å². The topological polar surface area (TPSA) is 51.4 Å². The van der Waals surface area contributed by atoms with Gasteiger partial charge in [-0.25, -0.2) is 0 Å². The summed E-state index contributed by atoms with van der Waals surface area (Å²) in [6.45, 7) is 6.90. The Balaban J connectivity index is 2.12. The molecule has 0 aliphatic rings. The van der Waals surface area contributed by atoms with Gasteiger partial charge in [-0.3, -0.25) is 9.78 Å². The monoisotopic (exact) mass is 395 g/mol. The summed E-state index contributed by atoms with van der Waals surface area (Å²) in [5.41, 5.74) is 2.70. The maximum Gasteiger partial charge on any atom is 0.195 e. The molecule has 132 valence electrons. The Hall–Kier alpha value is -1.63. The Morgan fingerprint density at radius 2 is 1.92 bits per heavy atom. The van der Waals surface area contributed by atoms with Gasteiger partial charge in [0.25, 0.3) is 0 Å². The summed E-state index contributed by atoms with van der Waals surface area (Å²) >= 11 is 17.6. The molecule has 3 aromatic rings. The highest BCUT2D eigenvalue weighted by Crippen LogP contribution is 2.28. The van der Waals surface area contributed by atoms with Crippen LogP contribution in [0.3, 0.4) is 0 Å². The first kappa shape index (κ1) is 18.2. The van der Waals surface area contributed by atoms with E-state index in [1.165, 1.54) is 0 Å². The van der Waals surface area contributed by atoms with Crippen molar-refractivity contribution in [1.29, 1.82) is 0 Å². The lowest BCUT2D eigenvalue weighted by Gasteiger charge is -2.14. The normalized spacial score (nSPS) is 11.9. The molecule has 25 heavy (non-hydrogen) atoms. The smallest absolute Gasteiger partial charge is 0.195 e. The van der Waals surface area contributed by atoms with Gasteiger partial charge in [0.15, 0.2) is 10.6 Å². The van der Waals surface area contributed by atoms with E-state index in [1.807, 2.05) is 28.4 Å². The average Bonchev–Trinajstić information content (AvgIpc) is 3.07. The number of nitrogens with zero attached hydrogens (tertiary/aromatic N) is 4. The fraction of sp³-hybridized carbons (Fsp3) is 0.353. The van der Waals surface area contributed by atoms with Crippen LogP contribution in [0.5, 0.6) is 0 Å². The zero-order valence-corrected chi connectivity index (χ0v) is 16.8. The van der Waals surface area contributed by atoms with Gasteiger partial charge in [-0.2, -0.15) is 10.2 Å². The lowest BCUT2D eigenvalue weighted by molar-refractivity contribution is 0.545. The molecule has 5 nitrogen and oxygen atoms in total. The van der Waals surface area contributed by atoms with E-state index in [-0.39, 0.29) is 5.41 Å². The van der Waals surface area contributed by atoms with E-state index in [1.54, 1.807) is 6.07 Å². The van der Waals surface area contributed by atoms with E-state index in [0.717, 1.165) is 22.8 Å². The van der Waals surface area contributed by atoms with Gasteiger partial charge in [-0.15, -0.1) is 0 Å². The maximum atomic E-state index is 6.34. The van der Waals surface area contributed by atoms with E-state index >= 15 is 0 Å². The largest absolute Gasteiger partial charge is 0.302 e. The molecule has 1 aromatic carbocycles. The molecule has 2 aromatic heterocycles. The van der Waals surface area contributed by atoms with Crippen molar-refractivity contribution in [2.75, 3.05) is 0 Å². The third-order valence-electron chi connectivity index (χ3n) is 3.99. The van der Waals surface area contributed by atoms with Crippen LogP contribution in [0, 0.1) is 4.77 Å². The first-order chi connectivity index (χ1) is 11.7. The number of H-pyrrole nitrogens is 1. The lowest BCUT2D eigenvalue weighted by atomic mass is 9.92. The zero-order valence-electron chi connectivity index (χ0n) is 14.5. The Morgan fingerprint density at radius 3 is 2.48 bits per heavy atom. The molecule has 0 saturated heterocycles. The summed E-state index contributed by atoms with van der Waals surface area (Å²) in [6.07, 6.45) is 0. The molecule has 8 heteroatoms. The van der Waals surface area contributed by atoms with Crippen LogP contribution >= 0.6 is 35.4 Å². The molecular formula is C17H19Cl2N5S. The molecule has 0 bridgehead atoms. The van der Waals surface area contributed by atoms with Crippen molar-refractivity contribution in [3.63, 3.8) is 0 Å². The highest BCUT2D eigenvalue weighted by Gasteiger charge is 2.23. The molecule has 1 N–H and O–H groups in total. The van der Waals surface area contributed by atoms with Crippen molar-refractivity contribution in [2.24, 2.45) is 7.05 Å². The van der Waals surface area contributed by atoms with Crippen LogP contribution in [-0.4, -0.2) is 24.5 Å².